The molecule has 2 heterocycles. The smallest absolute Gasteiger partial charge is 0.253 e. The number of methoxy groups -OCH3 is 1. The summed E-state index contributed by atoms with van der Waals surface area (Å²) in [6.45, 7) is 3.51. The second-order valence-corrected chi connectivity index (χ2v) is 5.75. The first-order chi connectivity index (χ1) is 10.8. The van der Waals surface area contributed by atoms with E-state index in [1.165, 1.54) is 0 Å². The molecule has 1 atom stereocenters. The molecule has 5 heteroatoms. The van der Waals surface area contributed by atoms with E-state index in [9.17, 15) is 4.79 Å². The summed E-state index contributed by atoms with van der Waals surface area (Å²) < 4.78 is 10.5. The molecule has 0 saturated carbocycles. The number of likely N-dealkylation sites (tertiary alicyclic amines) is 1. The Morgan fingerprint density at radius 3 is 3.14 bits per heavy atom. The van der Waals surface area contributed by atoms with Gasteiger partial charge in [0.15, 0.2) is 0 Å². The maximum Gasteiger partial charge on any atom is 0.253 e. The van der Waals surface area contributed by atoms with Crippen LogP contribution in [0.5, 0.6) is 0 Å². The summed E-state index contributed by atoms with van der Waals surface area (Å²) in [6.07, 6.45) is 2.89. The predicted octanol–water partition coefficient (Wildman–Crippen LogP) is 2.29. The van der Waals surface area contributed by atoms with Crippen LogP contribution in [0.15, 0.2) is 30.5 Å². The minimum atomic E-state index is 0.107. The maximum atomic E-state index is 12.6. The Hall–Kier alpha value is -1.85. The minimum absolute atomic E-state index is 0.107. The molecule has 3 rings (SSSR count). The monoisotopic (exact) mass is 302 g/mol. The lowest BCUT2D eigenvalue weighted by molar-refractivity contribution is 0.0515. The van der Waals surface area contributed by atoms with Gasteiger partial charge in [-0.3, -0.25) is 4.79 Å². The van der Waals surface area contributed by atoms with Gasteiger partial charge >= 0.3 is 0 Å². The number of ether oxygens (including phenoxy) is 2. The van der Waals surface area contributed by atoms with Crippen LogP contribution in [0.2, 0.25) is 0 Å². The third kappa shape index (κ3) is 3.31. The molecule has 1 amide bonds. The molecule has 0 unspecified atom stereocenters. The van der Waals surface area contributed by atoms with E-state index in [2.05, 4.69) is 4.98 Å². The number of H-pyrrole nitrogens is 1. The molecule has 1 fully saturated rings. The summed E-state index contributed by atoms with van der Waals surface area (Å²) in [5, 5.41) is 1.13. The average Bonchev–Trinajstić information content (AvgIpc) is 3.19. The highest BCUT2D eigenvalue weighted by molar-refractivity contribution is 5.98. The Kier molecular flexibility index (Phi) is 4.75. The molecule has 0 aliphatic carbocycles. The fourth-order valence-corrected chi connectivity index (χ4v) is 2.91. The van der Waals surface area contributed by atoms with Gasteiger partial charge < -0.3 is 19.4 Å². The summed E-state index contributed by atoms with van der Waals surface area (Å²) in [6, 6.07) is 7.83. The highest BCUT2D eigenvalue weighted by Crippen LogP contribution is 2.21. The van der Waals surface area contributed by atoms with Crippen molar-refractivity contribution in [2.24, 2.45) is 5.92 Å². The van der Waals surface area contributed by atoms with Crippen molar-refractivity contribution in [2.75, 3.05) is 40.0 Å². The van der Waals surface area contributed by atoms with Crippen LogP contribution in [0.25, 0.3) is 10.9 Å². The molecule has 1 N–H and O–H groups in total. The molecule has 1 aliphatic heterocycles. The third-order valence-corrected chi connectivity index (χ3v) is 4.16. The van der Waals surface area contributed by atoms with Gasteiger partial charge in [-0.05, 0) is 30.0 Å². The second-order valence-electron chi connectivity index (χ2n) is 5.75. The van der Waals surface area contributed by atoms with Gasteiger partial charge in [0, 0.05) is 43.4 Å². The first kappa shape index (κ1) is 15.1. The van der Waals surface area contributed by atoms with Crippen LogP contribution in [0.4, 0.5) is 0 Å². The van der Waals surface area contributed by atoms with Crippen molar-refractivity contribution in [3.05, 3.63) is 36.0 Å². The van der Waals surface area contributed by atoms with Crippen molar-refractivity contribution < 1.29 is 14.3 Å². The number of carbonyl (C=O) groups excluding carboxylic acids is 1. The van der Waals surface area contributed by atoms with E-state index in [1.54, 1.807) is 7.11 Å². The molecule has 1 aromatic carbocycles. The standard InChI is InChI=1S/C17H22N2O3/c1-21-8-9-22-12-13-5-7-19(11-13)17(20)15-3-2-14-4-6-18-16(14)10-15/h2-4,6,10,13,18H,5,7-9,11-12H2,1H3/t13-/m1/s1. The molecule has 118 valence electrons. The molecule has 0 radical (unpaired) electrons. The normalized spacial score (nSPS) is 18.2. The molecular formula is C17H22N2O3. The minimum Gasteiger partial charge on any atom is -0.382 e. The topological polar surface area (TPSA) is 54.6 Å². The number of benzene rings is 1. The van der Waals surface area contributed by atoms with Crippen LogP contribution >= 0.6 is 0 Å². The summed E-state index contributed by atoms with van der Waals surface area (Å²) in [7, 11) is 1.67. The second kappa shape index (κ2) is 6.94. The van der Waals surface area contributed by atoms with Crippen molar-refractivity contribution in [3.63, 3.8) is 0 Å². The van der Waals surface area contributed by atoms with Crippen LogP contribution in [0.1, 0.15) is 16.8 Å². The fraction of sp³-hybridized carbons (Fsp3) is 0.471. The van der Waals surface area contributed by atoms with Gasteiger partial charge in [0.05, 0.1) is 19.8 Å². The molecule has 2 aromatic rings. The quantitative estimate of drug-likeness (QED) is 0.833. The molecule has 5 nitrogen and oxygen atoms in total. The number of rotatable bonds is 6. The van der Waals surface area contributed by atoms with Crippen molar-refractivity contribution in [1.29, 1.82) is 0 Å². The number of carbonyl (C=O) groups is 1. The van der Waals surface area contributed by atoms with E-state index in [4.69, 9.17) is 9.47 Å². The van der Waals surface area contributed by atoms with E-state index in [1.807, 2.05) is 35.4 Å². The van der Waals surface area contributed by atoms with Crippen molar-refractivity contribution in [2.45, 2.75) is 6.42 Å². The number of amides is 1. The van der Waals surface area contributed by atoms with E-state index >= 15 is 0 Å². The van der Waals surface area contributed by atoms with Crippen LogP contribution < -0.4 is 0 Å². The van der Waals surface area contributed by atoms with Gasteiger partial charge in [0.25, 0.3) is 5.91 Å². The molecule has 0 bridgehead atoms. The Bertz CT molecular complexity index is 638. The van der Waals surface area contributed by atoms with Crippen molar-refractivity contribution >= 4 is 16.8 Å². The van der Waals surface area contributed by atoms with Gasteiger partial charge in [-0.1, -0.05) is 6.07 Å². The molecule has 1 saturated heterocycles. The summed E-state index contributed by atoms with van der Waals surface area (Å²) >= 11 is 0. The number of aromatic amines is 1. The van der Waals surface area contributed by atoms with Gasteiger partial charge in [-0.2, -0.15) is 0 Å². The molecule has 22 heavy (non-hydrogen) atoms. The van der Waals surface area contributed by atoms with E-state index < -0.39 is 0 Å². The SMILES string of the molecule is COCCOC[C@@H]1CCN(C(=O)c2ccc3cc[nH]c3c2)C1. The summed E-state index contributed by atoms with van der Waals surface area (Å²) in [5.74, 6) is 0.533. The molecule has 1 aromatic heterocycles. The van der Waals surface area contributed by atoms with Crippen LogP contribution in [0.3, 0.4) is 0 Å². The Morgan fingerprint density at radius 2 is 2.27 bits per heavy atom. The highest BCUT2D eigenvalue weighted by atomic mass is 16.5. The number of hydrogen-bond acceptors (Lipinski definition) is 3. The Balaban J connectivity index is 1.56. The first-order valence-electron chi connectivity index (χ1n) is 7.71. The van der Waals surface area contributed by atoms with E-state index in [-0.39, 0.29) is 5.91 Å². The van der Waals surface area contributed by atoms with Crippen LogP contribution in [-0.2, 0) is 9.47 Å². The number of fused-ring (bicyclic) bond motifs is 1. The number of nitrogens with zero attached hydrogens (tertiary/aromatic N) is 1. The van der Waals surface area contributed by atoms with E-state index in [0.29, 0.717) is 25.7 Å². The zero-order valence-corrected chi connectivity index (χ0v) is 12.9. The van der Waals surface area contributed by atoms with Crippen molar-refractivity contribution in [3.8, 4) is 0 Å². The number of aromatic nitrogens is 1. The van der Waals surface area contributed by atoms with Gasteiger partial charge in [-0.15, -0.1) is 0 Å². The largest absolute Gasteiger partial charge is 0.382 e. The molecule has 1 aliphatic rings. The third-order valence-electron chi connectivity index (χ3n) is 4.16. The lowest BCUT2D eigenvalue weighted by Gasteiger charge is -2.17. The molecular weight excluding hydrogens is 280 g/mol. The van der Waals surface area contributed by atoms with Gasteiger partial charge in [-0.25, -0.2) is 0 Å². The summed E-state index contributed by atoms with van der Waals surface area (Å²) in [5.41, 5.74) is 1.75. The van der Waals surface area contributed by atoms with Gasteiger partial charge in [0.1, 0.15) is 0 Å². The van der Waals surface area contributed by atoms with Crippen LogP contribution in [-0.4, -0.2) is 55.8 Å². The highest BCUT2D eigenvalue weighted by Gasteiger charge is 2.27. The average molecular weight is 302 g/mol. The predicted molar refractivity (Wildman–Crippen MR) is 85.0 cm³/mol. The number of hydrogen-bond donors (Lipinski definition) is 1. The Morgan fingerprint density at radius 1 is 1.36 bits per heavy atom. The molecule has 0 spiro atoms. The van der Waals surface area contributed by atoms with Gasteiger partial charge in [0.2, 0.25) is 0 Å². The maximum absolute atomic E-state index is 12.6. The number of nitrogens with one attached hydrogen (secondary N) is 1. The first-order valence-corrected chi connectivity index (χ1v) is 7.71. The van der Waals surface area contributed by atoms with Crippen molar-refractivity contribution in [1.82, 2.24) is 9.88 Å². The lowest BCUT2D eigenvalue weighted by atomic mass is 10.1. The Labute approximate surface area is 130 Å². The fourth-order valence-electron chi connectivity index (χ4n) is 2.91. The van der Waals surface area contributed by atoms with Crippen LogP contribution in [0, 0.1) is 5.92 Å². The zero-order valence-electron chi connectivity index (χ0n) is 12.9. The lowest BCUT2D eigenvalue weighted by Crippen LogP contribution is -2.29. The zero-order chi connectivity index (χ0) is 15.4. The van der Waals surface area contributed by atoms with E-state index in [0.717, 1.165) is 36.0 Å². The summed E-state index contributed by atoms with van der Waals surface area (Å²) in [4.78, 5) is 17.7.